The summed E-state index contributed by atoms with van der Waals surface area (Å²) in [5.74, 6) is 0.335. The maximum Gasteiger partial charge on any atom is 0.254 e. The summed E-state index contributed by atoms with van der Waals surface area (Å²) in [4.78, 5) is 20.5. The van der Waals surface area contributed by atoms with Crippen LogP contribution in [0.4, 0.5) is 4.39 Å². The number of aromatic nitrogens is 2. The topological polar surface area (TPSA) is 47.4 Å². The fraction of sp³-hybridized carbons (Fsp3) is 0.462. The maximum atomic E-state index is 14.4. The van der Waals surface area contributed by atoms with Crippen molar-refractivity contribution in [2.75, 3.05) is 7.11 Å². The molecule has 2 aromatic carbocycles. The molecule has 0 spiro atoms. The molecular formula is C26H29ClFN3O2. The standard InChI is InChI=1S/C26H29ClFN3O2/c1-33-24-13-10-17(14-21(24)28)26(32)30(19-6-2-3-7-19)16-25-29-22-12-11-18(27)15-23(22)31(25)20-8-4-5-9-20/h10-15,19-20H,2-9,16H2,1H3. The molecule has 0 N–H and O–H groups in total. The van der Waals surface area contributed by atoms with Gasteiger partial charge in [0, 0.05) is 22.7 Å². The van der Waals surface area contributed by atoms with Crippen LogP contribution in [0.1, 0.15) is 73.6 Å². The summed E-state index contributed by atoms with van der Waals surface area (Å²) in [6.07, 6.45) is 8.71. The third-order valence-corrected chi connectivity index (χ3v) is 7.39. The minimum atomic E-state index is -0.525. The highest BCUT2D eigenvalue weighted by molar-refractivity contribution is 6.31. The largest absolute Gasteiger partial charge is 0.494 e. The first-order valence-corrected chi connectivity index (χ1v) is 12.2. The molecule has 1 heterocycles. The first-order chi connectivity index (χ1) is 16.0. The number of methoxy groups -OCH3 is 1. The van der Waals surface area contributed by atoms with Gasteiger partial charge in [-0.1, -0.05) is 37.3 Å². The van der Waals surface area contributed by atoms with E-state index in [1.807, 2.05) is 23.1 Å². The van der Waals surface area contributed by atoms with Gasteiger partial charge < -0.3 is 14.2 Å². The van der Waals surface area contributed by atoms with Crippen molar-refractivity contribution in [2.45, 2.75) is 70.0 Å². The number of ether oxygens (including phenoxy) is 1. The zero-order valence-electron chi connectivity index (χ0n) is 18.9. The second-order valence-electron chi connectivity index (χ2n) is 9.19. The lowest BCUT2D eigenvalue weighted by Crippen LogP contribution is -2.39. The van der Waals surface area contributed by atoms with Crippen molar-refractivity contribution < 1.29 is 13.9 Å². The van der Waals surface area contributed by atoms with Crippen molar-refractivity contribution in [3.63, 3.8) is 0 Å². The Labute approximate surface area is 198 Å². The average molecular weight is 470 g/mol. The Hall–Kier alpha value is -2.60. The van der Waals surface area contributed by atoms with E-state index in [1.54, 1.807) is 6.07 Å². The molecular weight excluding hydrogens is 441 g/mol. The number of imidazole rings is 1. The third-order valence-electron chi connectivity index (χ3n) is 7.15. The number of benzene rings is 2. The van der Waals surface area contributed by atoms with Crippen LogP contribution >= 0.6 is 11.6 Å². The Morgan fingerprint density at radius 1 is 1.12 bits per heavy atom. The molecule has 1 amide bonds. The van der Waals surface area contributed by atoms with Gasteiger partial charge in [0.15, 0.2) is 11.6 Å². The predicted octanol–water partition coefficient (Wildman–Crippen LogP) is 6.54. The van der Waals surface area contributed by atoms with E-state index >= 15 is 0 Å². The average Bonchev–Trinajstić information content (AvgIpc) is 3.57. The number of amides is 1. The first-order valence-electron chi connectivity index (χ1n) is 11.9. The number of hydrogen-bond acceptors (Lipinski definition) is 3. The SMILES string of the molecule is COc1ccc(C(=O)N(Cc2nc3ccc(Cl)cc3n2C2CCCC2)C2CCCC2)cc1F. The second kappa shape index (κ2) is 9.34. The van der Waals surface area contributed by atoms with Gasteiger partial charge >= 0.3 is 0 Å². The van der Waals surface area contributed by atoms with E-state index in [9.17, 15) is 9.18 Å². The van der Waals surface area contributed by atoms with Crippen molar-refractivity contribution in [1.29, 1.82) is 0 Å². The van der Waals surface area contributed by atoms with Crippen LogP contribution in [0.3, 0.4) is 0 Å². The van der Waals surface area contributed by atoms with Gasteiger partial charge in [0.1, 0.15) is 5.82 Å². The van der Waals surface area contributed by atoms with Crippen LogP contribution < -0.4 is 4.74 Å². The van der Waals surface area contributed by atoms with E-state index in [0.717, 1.165) is 55.4 Å². The Balaban J connectivity index is 1.54. The molecule has 2 fully saturated rings. The Morgan fingerprint density at radius 3 is 2.55 bits per heavy atom. The summed E-state index contributed by atoms with van der Waals surface area (Å²) in [5, 5.41) is 0.686. The quantitative estimate of drug-likeness (QED) is 0.412. The van der Waals surface area contributed by atoms with E-state index in [4.69, 9.17) is 21.3 Å². The van der Waals surface area contributed by atoms with Crippen LogP contribution in [0, 0.1) is 5.82 Å². The van der Waals surface area contributed by atoms with Crippen LogP contribution in [-0.2, 0) is 6.54 Å². The summed E-state index contributed by atoms with van der Waals surface area (Å²) in [6.45, 7) is 0.403. The molecule has 1 aromatic heterocycles. The van der Waals surface area contributed by atoms with Crippen molar-refractivity contribution in [1.82, 2.24) is 14.5 Å². The van der Waals surface area contributed by atoms with E-state index in [2.05, 4.69) is 4.57 Å². The number of nitrogens with zero attached hydrogens (tertiary/aromatic N) is 3. The van der Waals surface area contributed by atoms with Crippen LogP contribution in [0.25, 0.3) is 11.0 Å². The molecule has 3 aromatic rings. The van der Waals surface area contributed by atoms with E-state index in [1.165, 1.54) is 32.1 Å². The van der Waals surface area contributed by atoms with E-state index in [0.29, 0.717) is 23.2 Å². The summed E-state index contributed by atoms with van der Waals surface area (Å²) in [7, 11) is 1.42. The fourth-order valence-electron chi connectivity index (χ4n) is 5.50. The minimum Gasteiger partial charge on any atom is -0.494 e. The molecule has 5 nitrogen and oxygen atoms in total. The van der Waals surface area contributed by atoms with Crippen LogP contribution in [-0.4, -0.2) is 33.5 Å². The maximum absolute atomic E-state index is 14.4. The van der Waals surface area contributed by atoms with Crippen molar-refractivity contribution in [3.8, 4) is 5.75 Å². The van der Waals surface area contributed by atoms with Crippen LogP contribution in [0.15, 0.2) is 36.4 Å². The smallest absolute Gasteiger partial charge is 0.254 e. The Bertz CT molecular complexity index is 1170. The van der Waals surface area contributed by atoms with Gasteiger partial charge in [0.05, 0.1) is 24.7 Å². The summed E-state index contributed by atoms with van der Waals surface area (Å²) in [5.41, 5.74) is 2.26. The van der Waals surface area contributed by atoms with Gasteiger partial charge in [-0.2, -0.15) is 0 Å². The minimum absolute atomic E-state index is 0.128. The predicted molar refractivity (Wildman–Crippen MR) is 127 cm³/mol. The summed E-state index contributed by atoms with van der Waals surface area (Å²) < 4.78 is 21.7. The zero-order chi connectivity index (χ0) is 22.9. The molecule has 0 radical (unpaired) electrons. The molecule has 174 valence electrons. The van der Waals surface area contributed by atoms with Gasteiger partial charge in [0.2, 0.25) is 0 Å². The van der Waals surface area contributed by atoms with Crippen LogP contribution in [0.2, 0.25) is 5.02 Å². The van der Waals surface area contributed by atoms with E-state index in [-0.39, 0.29) is 17.7 Å². The Kier molecular flexibility index (Phi) is 6.28. The fourth-order valence-corrected chi connectivity index (χ4v) is 5.66. The molecule has 7 heteroatoms. The van der Waals surface area contributed by atoms with Crippen molar-refractivity contribution in [3.05, 3.63) is 58.6 Å². The molecule has 5 rings (SSSR count). The molecule has 2 aliphatic carbocycles. The lowest BCUT2D eigenvalue weighted by molar-refractivity contribution is 0.0655. The number of hydrogen-bond donors (Lipinski definition) is 0. The van der Waals surface area contributed by atoms with Gasteiger partial charge in [-0.15, -0.1) is 0 Å². The monoisotopic (exact) mass is 469 g/mol. The highest BCUT2D eigenvalue weighted by Crippen LogP contribution is 2.36. The number of rotatable bonds is 6. The molecule has 2 saturated carbocycles. The van der Waals surface area contributed by atoms with E-state index < -0.39 is 5.82 Å². The zero-order valence-corrected chi connectivity index (χ0v) is 19.7. The summed E-state index contributed by atoms with van der Waals surface area (Å²) in [6, 6.07) is 10.7. The highest BCUT2D eigenvalue weighted by Gasteiger charge is 2.31. The molecule has 0 atom stereocenters. The number of halogens is 2. The highest BCUT2D eigenvalue weighted by atomic mass is 35.5. The molecule has 0 saturated heterocycles. The second-order valence-corrected chi connectivity index (χ2v) is 9.63. The number of fused-ring (bicyclic) bond motifs is 1. The van der Waals surface area contributed by atoms with Gasteiger partial charge in [-0.05, 0) is 62.1 Å². The molecule has 2 aliphatic rings. The molecule has 0 bridgehead atoms. The lowest BCUT2D eigenvalue weighted by atomic mass is 10.1. The van der Waals surface area contributed by atoms with Gasteiger partial charge in [-0.3, -0.25) is 4.79 Å². The number of carbonyl (C=O) groups excluding carboxylic acids is 1. The lowest BCUT2D eigenvalue weighted by Gasteiger charge is -2.30. The Morgan fingerprint density at radius 2 is 1.85 bits per heavy atom. The van der Waals surface area contributed by atoms with Crippen molar-refractivity contribution in [2.24, 2.45) is 0 Å². The molecule has 33 heavy (non-hydrogen) atoms. The molecule has 0 aliphatic heterocycles. The first kappa shape index (κ1) is 22.2. The van der Waals surface area contributed by atoms with Crippen molar-refractivity contribution >= 4 is 28.5 Å². The molecule has 0 unspecified atom stereocenters. The number of carbonyl (C=O) groups is 1. The van der Waals surface area contributed by atoms with Crippen LogP contribution in [0.5, 0.6) is 5.75 Å². The normalized spacial score (nSPS) is 17.2. The third kappa shape index (κ3) is 4.33. The van der Waals surface area contributed by atoms with Gasteiger partial charge in [-0.25, -0.2) is 9.37 Å². The van der Waals surface area contributed by atoms with Gasteiger partial charge in [0.25, 0.3) is 5.91 Å². The summed E-state index contributed by atoms with van der Waals surface area (Å²) >= 11 is 6.33.